The second-order valence-electron chi connectivity index (χ2n) is 3.49. The predicted octanol–water partition coefficient (Wildman–Crippen LogP) is 3.29. The lowest BCUT2D eigenvalue weighted by atomic mass is 10.2. The summed E-state index contributed by atoms with van der Waals surface area (Å²) in [6.07, 6.45) is 2.16. The molecule has 0 fully saturated rings. The number of alkyl halides is 1. The first-order chi connectivity index (χ1) is 4.95. The fourth-order valence-electron chi connectivity index (χ4n) is 0.472. The smallest absolute Gasteiger partial charge is 0.144 e. The van der Waals surface area contributed by atoms with E-state index in [1.807, 2.05) is 20.8 Å². The van der Waals surface area contributed by atoms with Crippen molar-refractivity contribution in [3.8, 4) is 0 Å². The van der Waals surface area contributed by atoms with Crippen molar-refractivity contribution in [3.05, 3.63) is 0 Å². The highest BCUT2D eigenvalue weighted by molar-refractivity contribution is 14.1. The molecule has 0 radical (unpaired) electrons. The first-order valence-electron chi connectivity index (χ1n) is 3.94. The Morgan fingerprint density at radius 1 is 1.36 bits per heavy atom. The summed E-state index contributed by atoms with van der Waals surface area (Å²) < 4.78 is 0.178. The molecule has 0 aromatic rings. The topological polar surface area (TPSA) is 18.5 Å². The molecule has 0 spiro atoms. The summed E-state index contributed by atoms with van der Waals surface area (Å²) in [5.41, 5.74) is -0.197. The molecule has 0 aliphatic rings. The van der Waals surface area contributed by atoms with Gasteiger partial charge in [-0.3, -0.25) is 0 Å². The number of rotatable bonds is 4. The second kappa shape index (κ2) is 5.32. The molecule has 0 N–H and O–H groups in total. The van der Waals surface area contributed by atoms with E-state index in [2.05, 4.69) is 29.5 Å². The Labute approximate surface area is 82.7 Å². The molecule has 0 aliphatic heterocycles. The van der Waals surface area contributed by atoms with E-state index in [4.69, 9.17) is 9.78 Å². The molecule has 0 aromatic carbocycles. The summed E-state index contributed by atoms with van der Waals surface area (Å²) in [7, 11) is 0. The summed E-state index contributed by atoms with van der Waals surface area (Å²) in [5, 5.41) is 0. The minimum atomic E-state index is -0.197. The molecule has 0 saturated heterocycles. The molecule has 1 unspecified atom stereocenters. The third-order valence-electron chi connectivity index (χ3n) is 0.918. The van der Waals surface area contributed by atoms with Crippen LogP contribution in [0.4, 0.5) is 0 Å². The van der Waals surface area contributed by atoms with Crippen LogP contribution in [0.3, 0.4) is 0 Å². The highest BCUT2D eigenvalue weighted by Gasteiger charge is 2.14. The Morgan fingerprint density at radius 3 is 2.27 bits per heavy atom. The summed E-state index contributed by atoms with van der Waals surface area (Å²) >= 11 is 2.23. The Balaban J connectivity index is 3.38. The highest BCUT2D eigenvalue weighted by atomic mass is 127. The van der Waals surface area contributed by atoms with Crippen LogP contribution in [0.15, 0.2) is 0 Å². The maximum Gasteiger partial charge on any atom is 0.144 e. The molecule has 0 aromatic heterocycles. The largest absolute Gasteiger partial charge is 0.230 e. The third kappa shape index (κ3) is 8.56. The SMILES string of the molecule is CCCC(I)OOC(C)(C)C. The molecule has 0 bridgehead atoms. The van der Waals surface area contributed by atoms with E-state index in [0.29, 0.717) is 0 Å². The van der Waals surface area contributed by atoms with Crippen LogP contribution in [-0.2, 0) is 9.78 Å². The Bertz CT molecular complexity index is 98.8. The van der Waals surface area contributed by atoms with Gasteiger partial charge >= 0.3 is 0 Å². The molecule has 0 heterocycles. The van der Waals surface area contributed by atoms with E-state index in [9.17, 15) is 0 Å². The lowest BCUT2D eigenvalue weighted by Crippen LogP contribution is -2.21. The lowest BCUT2D eigenvalue weighted by Gasteiger charge is -2.19. The van der Waals surface area contributed by atoms with Crippen molar-refractivity contribution in [3.63, 3.8) is 0 Å². The van der Waals surface area contributed by atoms with Crippen molar-refractivity contribution < 1.29 is 9.78 Å². The van der Waals surface area contributed by atoms with Gasteiger partial charge in [-0.2, -0.15) is 0 Å². The summed E-state index contributed by atoms with van der Waals surface area (Å²) in [4.78, 5) is 10.3. The zero-order valence-electron chi connectivity index (χ0n) is 7.69. The van der Waals surface area contributed by atoms with Gasteiger partial charge in [0.15, 0.2) is 0 Å². The van der Waals surface area contributed by atoms with E-state index in [0.717, 1.165) is 12.8 Å². The van der Waals surface area contributed by atoms with Gasteiger partial charge in [-0.1, -0.05) is 13.3 Å². The quantitative estimate of drug-likeness (QED) is 0.338. The minimum Gasteiger partial charge on any atom is -0.230 e. The molecular weight excluding hydrogens is 255 g/mol. The summed E-state index contributed by atoms with van der Waals surface area (Å²) in [5.74, 6) is 0. The van der Waals surface area contributed by atoms with Crippen LogP contribution in [0.25, 0.3) is 0 Å². The average Bonchev–Trinajstić information content (AvgIpc) is 1.83. The minimum absolute atomic E-state index is 0.178. The molecule has 0 amide bonds. The molecule has 2 nitrogen and oxygen atoms in total. The van der Waals surface area contributed by atoms with Crippen molar-refractivity contribution in [2.45, 2.75) is 50.2 Å². The van der Waals surface area contributed by atoms with Crippen molar-refractivity contribution in [1.82, 2.24) is 0 Å². The van der Waals surface area contributed by atoms with E-state index in [1.165, 1.54) is 0 Å². The van der Waals surface area contributed by atoms with Gasteiger partial charge in [0.05, 0.1) is 5.60 Å². The van der Waals surface area contributed by atoms with Gasteiger partial charge in [0.1, 0.15) is 4.11 Å². The van der Waals surface area contributed by atoms with Crippen molar-refractivity contribution in [2.75, 3.05) is 0 Å². The van der Waals surface area contributed by atoms with Crippen LogP contribution >= 0.6 is 22.6 Å². The normalized spacial score (nSPS) is 15.0. The average molecular weight is 272 g/mol. The van der Waals surface area contributed by atoms with Crippen molar-refractivity contribution in [1.29, 1.82) is 0 Å². The fraction of sp³-hybridized carbons (Fsp3) is 1.00. The predicted molar refractivity (Wildman–Crippen MR) is 54.6 cm³/mol. The monoisotopic (exact) mass is 272 g/mol. The first-order valence-corrected chi connectivity index (χ1v) is 5.19. The standard InChI is InChI=1S/C8H17IO2/c1-5-6-7(9)10-11-8(2,3)4/h7H,5-6H2,1-4H3. The Hall–Kier alpha value is 0.650. The molecule has 68 valence electrons. The molecule has 0 aliphatic carbocycles. The fourth-order valence-corrected chi connectivity index (χ4v) is 1.20. The summed E-state index contributed by atoms with van der Waals surface area (Å²) in [6, 6.07) is 0. The molecule has 11 heavy (non-hydrogen) atoms. The van der Waals surface area contributed by atoms with Gasteiger partial charge in [-0.05, 0) is 49.8 Å². The van der Waals surface area contributed by atoms with Crippen molar-refractivity contribution in [2.24, 2.45) is 0 Å². The van der Waals surface area contributed by atoms with Gasteiger partial charge in [-0.15, -0.1) is 0 Å². The molecule has 1 atom stereocenters. The molecule has 0 rings (SSSR count). The van der Waals surface area contributed by atoms with E-state index < -0.39 is 0 Å². The molecular formula is C8H17IO2. The Morgan fingerprint density at radius 2 is 1.91 bits per heavy atom. The second-order valence-corrected chi connectivity index (χ2v) is 4.88. The number of hydrogen-bond acceptors (Lipinski definition) is 2. The van der Waals surface area contributed by atoms with Crippen LogP contribution in [0.2, 0.25) is 0 Å². The Kier molecular flexibility index (Phi) is 5.64. The zero-order valence-corrected chi connectivity index (χ0v) is 9.84. The van der Waals surface area contributed by atoms with Gasteiger partial charge in [0.2, 0.25) is 0 Å². The zero-order chi connectivity index (χ0) is 8.91. The first kappa shape index (κ1) is 11.6. The number of hydrogen-bond donors (Lipinski definition) is 0. The van der Waals surface area contributed by atoms with Gasteiger partial charge in [0.25, 0.3) is 0 Å². The highest BCUT2D eigenvalue weighted by Crippen LogP contribution is 2.15. The van der Waals surface area contributed by atoms with E-state index >= 15 is 0 Å². The third-order valence-corrected chi connectivity index (χ3v) is 1.75. The van der Waals surface area contributed by atoms with Gasteiger partial charge < -0.3 is 0 Å². The van der Waals surface area contributed by atoms with E-state index in [1.54, 1.807) is 0 Å². The van der Waals surface area contributed by atoms with Crippen LogP contribution in [0, 0.1) is 0 Å². The van der Waals surface area contributed by atoms with Gasteiger partial charge in [-0.25, -0.2) is 9.78 Å². The van der Waals surface area contributed by atoms with Crippen LogP contribution in [0.5, 0.6) is 0 Å². The number of halogens is 1. The summed E-state index contributed by atoms with van der Waals surface area (Å²) in [6.45, 7) is 8.05. The van der Waals surface area contributed by atoms with Crippen molar-refractivity contribution >= 4 is 22.6 Å². The van der Waals surface area contributed by atoms with Crippen LogP contribution in [-0.4, -0.2) is 9.71 Å². The van der Waals surface area contributed by atoms with Crippen LogP contribution in [0.1, 0.15) is 40.5 Å². The molecule has 3 heteroatoms. The van der Waals surface area contributed by atoms with Crippen LogP contribution < -0.4 is 0 Å². The maximum atomic E-state index is 5.14. The lowest BCUT2D eigenvalue weighted by molar-refractivity contribution is -0.353. The molecule has 0 saturated carbocycles. The maximum absolute atomic E-state index is 5.14. The van der Waals surface area contributed by atoms with Gasteiger partial charge in [0, 0.05) is 0 Å². The van der Waals surface area contributed by atoms with E-state index in [-0.39, 0.29) is 9.71 Å².